The molecule has 3 nitrogen and oxygen atoms in total. The molecule has 1 aromatic rings. The van der Waals surface area contributed by atoms with Crippen LogP contribution in [0.25, 0.3) is 0 Å². The number of hydrogen-bond donors (Lipinski definition) is 3. The van der Waals surface area contributed by atoms with Crippen LogP contribution in [0.4, 0.5) is 0 Å². The van der Waals surface area contributed by atoms with Crippen molar-refractivity contribution < 1.29 is 5.11 Å². The zero-order valence-corrected chi connectivity index (χ0v) is 17.4. The van der Waals surface area contributed by atoms with Gasteiger partial charge in [0.05, 0.1) is 0 Å². The van der Waals surface area contributed by atoms with Gasteiger partial charge in [0.2, 0.25) is 0 Å². The van der Waals surface area contributed by atoms with Crippen LogP contribution < -0.4 is 11.1 Å². The van der Waals surface area contributed by atoms with E-state index in [0.29, 0.717) is 40.5 Å². The predicted octanol–water partition coefficient (Wildman–Crippen LogP) is 4.20. The van der Waals surface area contributed by atoms with Crippen molar-refractivity contribution in [3.8, 4) is 0 Å². The van der Waals surface area contributed by atoms with Crippen LogP contribution in [0.3, 0.4) is 0 Å². The molecule has 0 aromatic heterocycles. The molecule has 6 atom stereocenters. The Labute approximate surface area is 170 Å². The summed E-state index contributed by atoms with van der Waals surface area (Å²) in [6, 6.07) is 11.8. The summed E-state index contributed by atoms with van der Waals surface area (Å²) in [5.74, 6) is 2.50. The minimum Gasteiger partial charge on any atom is -0.378 e. The number of aliphatic hydroxyl groups excluding tert-OH is 1. The summed E-state index contributed by atoms with van der Waals surface area (Å²) in [5.41, 5.74) is 8.25. The molecule has 0 amide bonds. The van der Waals surface area contributed by atoms with Crippen molar-refractivity contribution in [3.63, 3.8) is 0 Å². The van der Waals surface area contributed by atoms with Crippen molar-refractivity contribution in [2.24, 2.45) is 34.8 Å². The lowest BCUT2D eigenvalue weighted by atomic mass is 9.61. The fourth-order valence-corrected chi connectivity index (χ4v) is 8.19. The van der Waals surface area contributed by atoms with Crippen molar-refractivity contribution >= 4 is 0 Å². The maximum Gasteiger partial charge on any atom is 0.108 e. The molecule has 5 fully saturated rings. The molecule has 0 saturated heterocycles. The normalized spacial score (nSPS) is 45.5. The van der Waals surface area contributed by atoms with Crippen LogP contribution >= 0.6 is 0 Å². The van der Waals surface area contributed by atoms with Gasteiger partial charge in [-0.1, -0.05) is 43.7 Å². The van der Waals surface area contributed by atoms with E-state index in [1.54, 1.807) is 5.56 Å². The van der Waals surface area contributed by atoms with Crippen LogP contribution in [0.2, 0.25) is 0 Å². The molecule has 28 heavy (non-hydrogen) atoms. The standard InChI is InChI=1S/C25H38N2O/c1-2-24-12-18-13-25(16-24,19-6-4-3-5-7-19)14-21(24)22(18)23(28)27-20-10-8-17(15-26)9-11-20/h3-7,17-18,20-23,27-28H,2,8-16,26H2,1H3/t17?,18?,20?,21?,22-,23?,24?,25?/m0/s1. The molecule has 6 rings (SSSR count). The summed E-state index contributed by atoms with van der Waals surface area (Å²) >= 11 is 0. The van der Waals surface area contributed by atoms with E-state index in [1.165, 1.54) is 57.8 Å². The first-order chi connectivity index (χ1) is 13.6. The van der Waals surface area contributed by atoms with Crippen molar-refractivity contribution in [2.45, 2.75) is 82.4 Å². The Hall–Kier alpha value is -0.900. The number of nitrogens with one attached hydrogen (secondary N) is 1. The Kier molecular flexibility index (Phi) is 4.84. The maximum atomic E-state index is 11.3. The zero-order valence-electron chi connectivity index (χ0n) is 17.4. The molecule has 5 unspecified atom stereocenters. The highest BCUT2D eigenvalue weighted by atomic mass is 16.3. The summed E-state index contributed by atoms with van der Waals surface area (Å²) in [6.45, 7) is 3.22. The fraction of sp³-hybridized carbons (Fsp3) is 0.760. The van der Waals surface area contributed by atoms with Crippen LogP contribution in [-0.4, -0.2) is 23.9 Å². The van der Waals surface area contributed by atoms with E-state index < -0.39 is 0 Å². The Morgan fingerprint density at radius 1 is 1.11 bits per heavy atom. The molecule has 3 heteroatoms. The largest absolute Gasteiger partial charge is 0.378 e. The summed E-state index contributed by atoms with van der Waals surface area (Å²) < 4.78 is 0. The van der Waals surface area contributed by atoms with Crippen molar-refractivity contribution in [1.82, 2.24) is 5.32 Å². The molecule has 5 saturated carbocycles. The molecule has 0 heterocycles. The molecule has 5 aliphatic rings. The van der Waals surface area contributed by atoms with Crippen molar-refractivity contribution in [1.29, 1.82) is 0 Å². The molecule has 0 aliphatic heterocycles. The second-order valence-electron chi connectivity index (χ2n) is 10.7. The van der Waals surface area contributed by atoms with E-state index in [2.05, 4.69) is 42.6 Å². The molecule has 5 aliphatic carbocycles. The first-order valence-corrected chi connectivity index (χ1v) is 11.8. The topological polar surface area (TPSA) is 58.3 Å². The zero-order chi connectivity index (χ0) is 19.4. The monoisotopic (exact) mass is 382 g/mol. The SMILES string of the molecule is CCC12CC3CC(c4ccccc4)(CC1[C@H]3C(O)NC1CCC(CN)CC1)C2. The van der Waals surface area contributed by atoms with Crippen molar-refractivity contribution in [2.75, 3.05) is 6.54 Å². The van der Waals surface area contributed by atoms with Crippen LogP contribution in [0.1, 0.15) is 70.3 Å². The van der Waals surface area contributed by atoms with E-state index in [1.807, 2.05) is 0 Å². The second-order valence-corrected chi connectivity index (χ2v) is 10.7. The second kappa shape index (κ2) is 7.11. The van der Waals surface area contributed by atoms with E-state index in [9.17, 15) is 5.11 Å². The average Bonchev–Trinajstić information content (AvgIpc) is 3.10. The maximum absolute atomic E-state index is 11.3. The van der Waals surface area contributed by atoms with Gasteiger partial charge in [-0.2, -0.15) is 0 Å². The van der Waals surface area contributed by atoms with Gasteiger partial charge in [-0.05, 0) is 92.1 Å². The van der Waals surface area contributed by atoms with Crippen molar-refractivity contribution in [3.05, 3.63) is 35.9 Å². The third-order valence-electron chi connectivity index (χ3n) is 9.46. The molecule has 1 aromatic carbocycles. The lowest BCUT2D eigenvalue weighted by molar-refractivity contribution is -0.00649. The predicted molar refractivity (Wildman–Crippen MR) is 114 cm³/mol. The van der Waals surface area contributed by atoms with Gasteiger partial charge in [0.25, 0.3) is 0 Å². The van der Waals surface area contributed by atoms with E-state index in [0.717, 1.165) is 6.54 Å². The molecule has 0 spiro atoms. The third kappa shape index (κ3) is 2.88. The number of hydrogen-bond acceptors (Lipinski definition) is 3. The van der Waals surface area contributed by atoms with Gasteiger partial charge in [0, 0.05) is 12.0 Å². The Balaban J connectivity index is 1.32. The lowest BCUT2D eigenvalue weighted by Crippen LogP contribution is -2.49. The Bertz CT molecular complexity index is 685. The molecule has 4 N–H and O–H groups in total. The average molecular weight is 383 g/mol. The summed E-state index contributed by atoms with van der Waals surface area (Å²) in [4.78, 5) is 0. The van der Waals surface area contributed by atoms with Crippen LogP contribution in [0, 0.1) is 29.1 Å². The minimum absolute atomic E-state index is 0.324. The number of rotatable bonds is 6. The number of nitrogens with two attached hydrogens (primary N) is 1. The highest BCUT2D eigenvalue weighted by Crippen LogP contribution is 2.74. The van der Waals surface area contributed by atoms with Gasteiger partial charge < -0.3 is 10.8 Å². The van der Waals surface area contributed by atoms with Gasteiger partial charge in [0.15, 0.2) is 0 Å². The van der Waals surface area contributed by atoms with Gasteiger partial charge in [-0.15, -0.1) is 0 Å². The smallest absolute Gasteiger partial charge is 0.108 e. The van der Waals surface area contributed by atoms with Crippen LogP contribution in [0.15, 0.2) is 30.3 Å². The summed E-state index contributed by atoms with van der Waals surface area (Å²) in [7, 11) is 0. The van der Waals surface area contributed by atoms with E-state index >= 15 is 0 Å². The molecule has 0 radical (unpaired) electrons. The first kappa shape index (κ1) is 19.1. The minimum atomic E-state index is -0.324. The molecular weight excluding hydrogens is 344 g/mol. The summed E-state index contributed by atoms with van der Waals surface area (Å²) in [5, 5.41) is 15.0. The molecule has 4 bridgehead atoms. The highest BCUT2D eigenvalue weighted by Gasteiger charge is 2.68. The van der Waals surface area contributed by atoms with Crippen LogP contribution in [-0.2, 0) is 5.41 Å². The van der Waals surface area contributed by atoms with Gasteiger partial charge in [-0.3, -0.25) is 5.32 Å². The Morgan fingerprint density at radius 2 is 1.86 bits per heavy atom. The van der Waals surface area contributed by atoms with Gasteiger partial charge in [0.1, 0.15) is 6.23 Å². The molecular formula is C25H38N2O. The lowest BCUT2D eigenvalue weighted by Gasteiger charge is -2.44. The van der Waals surface area contributed by atoms with Gasteiger partial charge >= 0.3 is 0 Å². The fourth-order valence-electron chi connectivity index (χ4n) is 8.19. The summed E-state index contributed by atoms with van der Waals surface area (Å²) in [6.07, 6.45) is 11.0. The van der Waals surface area contributed by atoms with E-state index in [-0.39, 0.29) is 6.23 Å². The van der Waals surface area contributed by atoms with Gasteiger partial charge in [-0.25, -0.2) is 0 Å². The number of aliphatic hydroxyl groups is 1. The third-order valence-corrected chi connectivity index (χ3v) is 9.46. The highest BCUT2D eigenvalue weighted by molar-refractivity contribution is 5.33. The van der Waals surface area contributed by atoms with Crippen LogP contribution in [0.5, 0.6) is 0 Å². The molecule has 154 valence electrons. The number of benzene rings is 1. The quantitative estimate of drug-likeness (QED) is 0.647. The first-order valence-electron chi connectivity index (χ1n) is 11.8. The van der Waals surface area contributed by atoms with E-state index in [4.69, 9.17) is 5.73 Å². The Morgan fingerprint density at radius 3 is 2.54 bits per heavy atom.